The molecule has 8 heteroatoms. The summed E-state index contributed by atoms with van der Waals surface area (Å²) in [4.78, 5) is 31.7. The maximum absolute atomic E-state index is 12.1. The quantitative estimate of drug-likeness (QED) is 0.582. The van der Waals surface area contributed by atoms with Crippen LogP contribution in [0.15, 0.2) is 35.3 Å². The molecule has 1 saturated heterocycles. The van der Waals surface area contributed by atoms with Crippen molar-refractivity contribution in [3.05, 3.63) is 35.9 Å². The Morgan fingerprint density at radius 3 is 2.32 bits per heavy atom. The first-order valence-electron chi connectivity index (χ1n) is 9.58. The van der Waals surface area contributed by atoms with E-state index < -0.39 is 5.60 Å². The molecule has 0 saturated carbocycles. The van der Waals surface area contributed by atoms with E-state index in [2.05, 4.69) is 10.3 Å². The molecule has 0 bridgehead atoms. The van der Waals surface area contributed by atoms with Gasteiger partial charge in [0.15, 0.2) is 5.96 Å². The number of carbonyl (C=O) groups is 2. The molecule has 1 fully saturated rings. The third kappa shape index (κ3) is 7.46. The molecular formula is C20H31N5O3. The number of nitrogens with one attached hydrogen (secondary N) is 1. The third-order valence-electron chi connectivity index (χ3n) is 4.22. The lowest BCUT2D eigenvalue weighted by Gasteiger charge is -2.36. The first-order valence-corrected chi connectivity index (χ1v) is 9.58. The summed E-state index contributed by atoms with van der Waals surface area (Å²) in [6.45, 7) is 8.22. The molecule has 0 spiro atoms. The fourth-order valence-electron chi connectivity index (χ4n) is 2.74. The van der Waals surface area contributed by atoms with Crippen LogP contribution in [0.4, 0.5) is 4.79 Å². The monoisotopic (exact) mass is 389 g/mol. The van der Waals surface area contributed by atoms with Gasteiger partial charge < -0.3 is 25.6 Å². The molecule has 0 aliphatic carbocycles. The van der Waals surface area contributed by atoms with Crippen molar-refractivity contribution in [3.63, 3.8) is 0 Å². The summed E-state index contributed by atoms with van der Waals surface area (Å²) in [5.41, 5.74) is 6.66. The lowest BCUT2D eigenvalue weighted by Crippen LogP contribution is -2.53. The Morgan fingerprint density at radius 1 is 1.11 bits per heavy atom. The van der Waals surface area contributed by atoms with Crippen molar-refractivity contribution >= 4 is 18.0 Å². The van der Waals surface area contributed by atoms with E-state index >= 15 is 0 Å². The first kappa shape index (κ1) is 21.5. The third-order valence-corrected chi connectivity index (χ3v) is 4.22. The fourth-order valence-corrected chi connectivity index (χ4v) is 2.74. The van der Waals surface area contributed by atoms with Crippen LogP contribution in [0.1, 0.15) is 26.3 Å². The minimum atomic E-state index is -0.511. The van der Waals surface area contributed by atoms with E-state index in [-0.39, 0.29) is 18.5 Å². The van der Waals surface area contributed by atoms with Crippen molar-refractivity contribution < 1.29 is 14.3 Å². The van der Waals surface area contributed by atoms with Crippen LogP contribution in [0, 0.1) is 0 Å². The van der Waals surface area contributed by atoms with Crippen molar-refractivity contribution in [1.29, 1.82) is 0 Å². The van der Waals surface area contributed by atoms with Crippen LogP contribution >= 0.6 is 0 Å². The highest BCUT2D eigenvalue weighted by molar-refractivity contribution is 5.84. The number of ether oxygens (including phenoxy) is 1. The molecule has 154 valence electrons. The van der Waals surface area contributed by atoms with Crippen molar-refractivity contribution in [2.45, 2.75) is 32.8 Å². The average molecular weight is 390 g/mol. The van der Waals surface area contributed by atoms with E-state index in [0.29, 0.717) is 38.7 Å². The minimum Gasteiger partial charge on any atom is -0.444 e. The molecule has 1 aliphatic rings. The summed E-state index contributed by atoms with van der Waals surface area (Å²) in [6.07, 6.45) is 0.457. The van der Waals surface area contributed by atoms with Gasteiger partial charge in [0.05, 0.1) is 0 Å². The Hall–Kier alpha value is -2.77. The van der Waals surface area contributed by atoms with Gasteiger partial charge in [0.1, 0.15) is 12.1 Å². The lowest BCUT2D eigenvalue weighted by molar-refractivity contribution is -0.119. The summed E-state index contributed by atoms with van der Waals surface area (Å²) in [5.74, 6) is 0.160. The Bertz CT molecular complexity index is 677. The van der Waals surface area contributed by atoms with Gasteiger partial charge in [-0.05, 0) is 32.8 Å². The van der Waals surface area contributed by atoms with Gasteiger partial charge in [-0.25, -0.2) is 9.79 Å². The van der Waals surface area contributed by atoms with Crippen LogP contribution in [0.5, 0.6) is 0 Å². The molecule has 2 amide bonds. The topological polar surface area (TPSA) is 100 Å². The molecule has 3 N–H and O–H groups in total. The molecule has 8 nitrogen and oxygen atoms in total. The molecule has 1 aliphatic heterocycles. The Morgan fingerprint density at radius 2 is 1.71 bits per heavy atom. The second kappa shape index (κ2) is 9.96. The number of hydrogen-bond donors (Lipinski definition) is 2. The molecule has 0 aromatic heterocycles. The van der Waals surface area contributed by atoms with Gasteiger partial charge in [0.2, 0.25) is 5.91 Å². The van der Waals surface area contributed by atoms with Crippen LogP contribution in [-0.2, 0) is 16.0 Å². The molecule has 2 rings (SSSR count). The number of amides is 2. The largest absolute Gasteiger partial charge is 0.444 e. The second-order valence-electron chi connectivity index (χ2n) is 7.71. The van der Waals surface area contributed by atoms with Gasteiger partial charge in [-0.3, -0.25) is 4.79 Å². The van der Waals surface area contributed by atoms with E-state index in [1.165, 1.54) is 5.56 Å². The average Bonchev–Trinajstić information content (AvgIpc) is 2.66. The first-order chi connectivity index (χ1) is 13.2. The van der Waals surface area contributed by atoms with Crippen molar-refractivity contribution in [2.75, 3.05) is 39.3 Å². The number of hydrogen-bond acceptors (Lipinski definition) is 4. The smallest absolute Gasteiger partial charge is 0.410 e. The summed E-state index contributed by atoms with van der Waals surface area (Å²) < 4.78 is 5.38. The summed E-state index contributed by atoms with van der Waals surface area (Å²) in [6, 6.07) is 9.97. The highest BCUT2D eigenvalue weighted by Crippen LogP contribution is 2.11. The number of carbonyl (C=O) groups excluding carboxylic acids is 2. The predicted octanol–water partition coefficient (Wildman–Crippen LogP) is 1.21. The normalized spacial score (nSPS) is 15.3. The zero-order chi connectivity index (χ0) is 20.6. The molecule has 1 aromatic carbocycles. The van der Waals surface area contributed by atoms with E-state index in [1.807, 2.05) is 56.0 Å². The zero-order valence-corrected chi connectivity index (χ0v) is 17.0. The van der Waals surface area contributed by atoms with Crippen molar-refractivity contribution in [2.24, 2.45) is 10.7 Å². The van der Waals surface area contributed by atoms with Crippen LogP contribution in [0.25, 0.3) is 0 Å². The van der Waals surface area contributed by atoms with Gasteiger partial charge in [0.25, 0.3) is 0 Å². The number of piperazine rings is 1. The molecule has 0 atom stereocenters. The molecular weight excluding hydrogens is 358 g/mol. The van der Waals surface area contributed by atoms with Crippen molar-refractivity contribution in [1.82, 2.24) is 15.1 Å². The van der Waals surface area contributed by atoms with Gasteiger partial charge in [-0.2, -0.15) is 0 Å². The van der Waals surface area contributed by atoms with E-state index in [9.17, 15) is 9.59 Å². The summed E-state index contributed by atoms with van der Waals surface area (Å²) in [5, 5.41) is 2.84. The van der Waals surface area contributed by atoms with Crippen LogP contribution in [0.3, 0.4) is 0 Å². The SMILES string of the molecule is CC(C)(C)OC(=O)N1CCN(C(N)=NCC(=O)NCCc2ccccc2)CC1. The van der Waals surface area contributed by atoms with Crippen LogP contribution in [0.2, 0.25) is 0 Å². The lowest BCUT2D eigenvalue weighted by atomic mass is 10.1. The van der Waals surface area contributed by atoms with Crippen molar-refractivity contribution in [3.8, 4) is 0 Å². The number of aliphatic imine (C=N–C) groups is 1. The van der Waals surface area contributed by atoms with Crippen LogP contribution in [-0.4, -0.2) is 72.6 Å². The fraction of sp³-hybridized carbons (Fsp3) is 0.550. The highest BCUT2D eigenvalue weighted by Gasteiger charge is 2.26. The number of benzene rings is 1. The maximum Gasteiger partial charge on any atom is 0.410 e. The summed E-state index contributed by atoms with van der Waals surface area (Å²) >= 11 is 0. The highest BCUT2D eigenvalue weighted by atomic mass is 16.6. The molecule has 0 unspecified atom stereocenters. The number of nitrogens with two attached hydrogens (primary N) is 1. The second-order valence-corrected chi connectivity index (χ2v) is 7.71. The van der Waals surface area contributed by atoms with Gasteiger partial charge >= 0.3 is 6.09 Å². The molecule has 1 aromatic rings. The molecule has 28 heavy (non-hydrogen) atoms. The number of nitrogens with zero attached hydrogens (tertiary/aromatic N) is 3. The Labute approximate surface area is 166 Å². The summed E-state index contributed by atoms with van der Waals surface area (Å²) in [7, 11) is 0. The van der Waals surface area contributed by atoms with E-state index in [4.69, 9.17) is 10.5 Å². The Balaban J connectivity index is 1.69. The Kier molecular flexibility index (Phi) is 7.66. The van der Waals surface area contributed by atoms with Gasteiger partial charge in [-0.15, -0.1) is 0 Å². The molecule has 0 radical (unpaired) electrons. The number of guanidine groups is 1. The van der Waals surface area contributed by atoms with Crippen LogP contribution < -0.4 is 11.1 Å². The number of rotatable bonds is 5. The minimum absolute atomic E-state index is 0.00704. The molecule has 1 heterocycles. The predicted molar refractivity (Wildman–Crippen MR) is 109 cm³/mol. The standard InChI is InChI=1S/C20H31N5O3/c1-20(2,3)28-19(27)25-13-11-24(12-14-25)18(21)23-15-17(26)22-10-9-16-7-5-4-6-8-16/h4-8H,9-15H2,1-3H3,(H2,21,23)(H,22,26). The van der Waals surface area contributed by atoms with E-state index in [1.54, 1.807) is 4.90 Å². The van der Waals surface area contributed by atoms with E-state index in [0.717, 1.165) is 6.42 Å². The van der Waals surface area contributed by atoms with Gasteiger partial charge in [-0.1, -0.05) is 30.3 Å². The maximum atomic E-state index is 12.1. The van der Waals surface area contributed by atoms with Gasteiger partial charge in [0, 0.05) is 32.7 Å². The zero-order valence-electron chi connectivity index (χ0n) is 17.0.